The molecule has 0 saturated carbocycles. The zero-order valence-electron chi connectivity index (χ0n) is 11.7. The summed E-state index contributed by atoms with van der Waals surface area (Å²) in [6.45, 7) is 4.58. The standard InChI is InChI=1S/C15H18FN3O/c1-11-9-12(2)19(18-11)10-15(20)17-8-7-13-3-5-14(16)6-4-13/h3-6,9H,7-8,10H2,1-2H3,(H,17,20). The Balaban J connectivity index is 1.78. The van der Waals surface area contributed by atoms with E-state index < -0.39 is 0 Å². The predicted molar refractivity (Wildman–Crippen MR) is 74.8 cm³/mol. The van der Waals surface area contributed by atoms with E-state index in [1.54, 1.807) is 16.8 Å². The van der Waals surface area contributed by atoms with E-state index in [1.165, 1.54) is 12.1 Å². The second-order valence-electron chi connectivity index (χ2n) is 4.81. The minimum atomic E-state index is -0.248. The lowest BCUT2D eigenvalue weighted by Crippen LogP contribution is -2.30. The molecule has 0 aliphatic carbocycles. The van der Waals surface area contributed by atoms with Crippen LogP contribution in [0, 0.1) is 19.7 Å². The van der Waals surface area contributed by atoms with Crippen LogP contribution in [0.25, 0.3) is 0 Å². The Bertz CT molecular complexity index is 590. The minimum Gasteiger partial charge on any atom is -0.354 e. The van der Waals surface area contributed by atoms with Gasteiger partial charge in [-0.15, -0.1) is 0 Å². The first-order valence-electron chi connectivity index (χ1n) is 6.57. The fourth-order valence-corrected chi connectivity index (χ4v) is 2.02. The second kappa shape index (κ2) is 6.32. The lowest BCUT2D eigenvalue weighted by molar-refractivity contribution is -0.121. The van der Waals surface area contributed by atoms with Crippen molar-refractivity contribution in [1.29, 1.82) is 0 Å². The largest absolute Gasteiger partial charge is 0.354 e. The molecule has 106 valence electrons. The molecule has 0 unspecified atom stereocenters. The minimum absolute atomic E-state index is 0.0710. The molecule has 2 rings (SSSR count). The van der Waals surface area contributed by atoms with Crippen molar-refractivity contribution < 1.29 is 9.18 Å². The summed E-state index contributed by atoms with van der Waals surface area (Å²) in [6.07, 6.45) is 0.684. The molecule has 0 spiro atoms. The maximum atomic E-state index is 12.7. The average molecular weight is 275 g/mol. The van der Waals surface area contributed by atoms with Gasteiger partial charge in [-0.3, -0.25) is 9.48 Å². The summed E-state index contributed by atoms with van der Waals surface area (Å²) in [7, 11) is 0. The fraction of sp³-hybridized carbons (Fsp3) is 0.333. The topological polar surface area (TPSA) is 46.9 Å². The molecular formula is C15H18FN3O. The monoisotopic (exact) mass is 275 g/mol. The number of aryl methyl sites for hydroxylation is 2. The van der Waals surface area contributed by atoms with E-state index in [-0.39, 0.29) is 18.3 Å². The number of hydrogen-bond donors (Lipinski definition) is 1. The first kappa shape index (κ1) is 14.2. The van der Waals surface area contributed by atoms with Crippen molar-refractivity contribution in [2.45, 2.75) is 26.8 Å². The number of nitrogens with one attached hydrogen (secondary N) is 1. The molecular weight excluding hydrogens is 257 g/mol. The quantitative estimate of drug-likeness (QED) is 0.907. The van der Waals surface area contributed by atoms with Gasteiger partial charge in [0.25, 0.3) is 0 Å². The van der Waals surface area contributed by atoms with Crippen molar-refractivity contribution in [2.24, 2.45) is 0 Å². The van der Waals surface area contributed by atoms with E-state index in [0.717, 1.165) is 17.0 Å². The van der Waals surface area contributed by atoms with Gasteiger partial charge in [-0.25, -0.2) is 4.39 Å². The van der Waals surface area contributed by atoms with E-state index in [9.17, 15) is 9.18 Å². The number of nitrogens with zero attached hydrogens (tertiary/aromatic N) is 2. The van der Waals surface area contributed by atoms with E-state index in [2.05, 4.69) is 10.4 Å². The molecule has 1 amide bonds. The Hall–Kier alpha value is -2.17. The first-order chi connectivity index (χ1) is 9.54. The third-order valence-electron chi connectivity index (χ3n) is 3.05. The van der Waals surface area contributed by atoms with Gasteiger partial charge in [0.2, 0.25) is 5.91 Å². The molecule has 1 aromatic carbocycles. The molecule has 0 atom stereocenters. The highest BCUT2D eigenvalue weighted by molar-refractivity contribution is 5.75. The van der Waals surface area contributed by atoms with Crippen LogP contribution in [-0.2, 0) is 17.8 Å². The molecule has 2 aromatic rings. The molecule has 1 heterocycles. The van der Waals surface area contributed by atoms with Gasteiger partial charge < -0.3 is 5.32 Å². The van der Waals surface area contributed by atoms with E-state index >= 15 is 0 Å². The predicted octanol–water partition coefficient (Wildman–Crippen LogP) is 2.00. The van der Waals surface area contributed by atoms with Crippen molar-refractivity contribution >= 4 is 5.91 Å². The van der Waals surface area contributed by atoms with Crippen molar-refractivity contribution in [3.63, 3.8) is 0 Å². The number of amides is 1. The Labute approximate surface area is 117 Å². The lowest BCUT2D eigenvalue weighted by atomic mass is 10.1. The lowest BCUT2D eigenvalue weighted by Gasteiger charge is -2.07. The Morgan fingerprint density at radius 1 is 1.30 bits per heavy atom. The molecule has 20 heavy (non-hydrogen) atoms. The van der Waals surface area contributed by atoms with Crippen LogP contribution in [-0.4, -0.2) is 22.2 Å². The molecule has 5 heteroatoms. The number of carbonyl (C=O) groups excluding carboxylic acids is 1. The third kappa shape index (κ3) is 3.91. The van der Waals surface area contributed by atoms with Crippen molar-refractivity contribution in [3.8, 4) is 0 Å². The van der Waals surface area contributed by atoms with Crippen LogP contribution in [0.5, 0.6) is 0 Å². The van der Waals surface area contributed by atoms with Gasteiger partial charge in [0.15, 0.2) is 0 Å². The summed E-state index contributed by atoms with van der Waals surface area (Å²) < 4.78 is 14.4. The molecule has 1 N–H and O–H groups in total. The molecule has 1 aromatic heterocycles. The summed E-state index contributed by atoms with van der Waals surface area (Å²) in [6, 6.07) is 8.23. The highest BCUT2D eigenvalue weighted by Crippen LogP contribution is 2.03. The zero-order chi connectivity index (χ0) is 14.5. The van der Waals surface area contributed by atoms with Crippen LogP contribution in [0.3, 0.4) is 0 Å². The van der Waals surface area contributed by atoms with Crippen LogP contribution in [0.15, 0.2) is 30.3 Å². The van der Waals surface area contributed by atoms with E-state index in [0.29, 0.717) is 13.0 Å². The summed E-state index contributed by atoms with van der Waals surface area (Å²) in [5, 5.41) is 7.08. The first-order valence-corrected chi connectivity index (χ1v) is 6.57. The second-order valence-corrected chi connectivity index (χ2v) is 4.81. The molecule has 0 bridgehead atoms. The number of rotatable bonds is 5. The number of halogens is 1. The van der Waals surface area contributed by atoms with Crippen molar-refractivity contribution in [2.75, 3.05) is 6.54 Å². The highest BCUT2D eigenvalue weighted by Gasteiger charge is 2.06. The summed E-state index contributed by atoms with van der Waals surface area (Å²) in [5.41, 5.74) is 2.87. The zero-order valence-corrected chi connectivity index (χ0v) is 11.7. The van der Waals surface area contributed by atoms with E-state index in [4.69, 9.17) is 0 Å². The van der Waals surface area contributed by atoms with Crippen LogP contribution >= 0.6 is 0 Å². The maximum absolute atomic E-state index is 12.7. The van der Waals surface area contributed by atoms with Gasteiger partial charge in [-0.1, -0.05) is 12.1 Å². The van der Waals surface area contributed by atoms with E-state index in [1.807, 2.05) is 19.9 Å². The Kier molecular flexibility index (Phi) is 4.50. The molecule has 0 radical (unpaired) electrons. The number of aromatic nitrogens is 2. The fourth-order valence-electron chi connectivity index (χ4n) is 2.02. The summed E-state index contributed by atoms with van der Waals surface area (Å²) in [4.78, 5) is 11.8. The normalized spacial score (nSPS) is 10.6. The molecule has 0 fully saturated rings. The third-order valence-corrected chi connectivity index (χ3v) is 3.05. The van der Waals surface area contributed by atoms with Gasteiger partial charge in [0.05, 0.1) is 5.69 Å². The Morgan fingerprint density at radius 3 is 2.60 bits per heavy atom. The van der Waals surface area contributed by atoms with Gasteiger partial charge in [0, 0.05) is 12.2 Å². The number of carbonyl (C=O) groups is 1. The van der Waals surface area contributed by atoms with Crippen LogP contribution in [0.2, 0.25) is 0 Å². The number of benzene rings is 1. The van der Waals surface area contributed by atoms with Crippen LogP contribution in [0.4, 0.5) is 4.39 Å². The number of hydrogen-bond acceptors (Lipinski definition) is 2. The van der Waals surface area contributed by atoms with Crippen molar-refractivity contribution in [1.82, 2.24) is 15.1 Å². The average Bonchev–Trinajstić information content (AvgIpc) is 2.70. The van der Waals surface area contributed by atoms with Crippen LogP contribution < -0.4 is 5.32 Å². The van der Waals surface area contributed by atoms with Gasteiger partial charge in [-0.05, 0) is 44.0 Å². The van der Waals surface area contributed by atoms with Gasteiger partial charge in [0.1, 0.15) is 12.4 Å². The molecule has 4 nitrogen and oxygen atoms in total. The maximum Gasteiger partial charge on any atom is 0.241 e. The van der Waals surface area contributed by atoms with Gasteiger partial charge >= 0.3 is 0 Å². The summed E-state index contributed by atoms with van der Waals surface area (Å²) in [5.74, 6) is -0.319. The van der Waals surface area contributed by atoms with Crippen molar-refractivity contribution in [3.05, 3.63) is 53.1 Å². The smallest absolute Gasteiger partial charge is 0.241 e. The molecule has 0 aliphatic rings. The molecule has 0 saturated heterocycles. The molecule has 0 aliphatic heterocycles. The van der Waals surface area contributed by atoms with Crippen LogP contribution in [0.1, 0.15) is 17.0 Å². The Morgan fingerprint density at radius 2 is 2.00 bits per heavy atom. The SMILES string of the molecule is Cc1cc(C)n(CC(=O)NCCc2ccc(F)cc2)n1. The van der Waals surface area contributed by atoms with Gasteiger partial charge in [-0.2, -0.15) is 5.10 Å². The summed E-state index contributed by atoms with van der Waals surface area (Å²) >= 11 is 0. The highest BCUT2D eigenvalue weighted by atomic mass is 19.1.